The van der Waals surface area contributed by atoms with Gasteiger partial charge in [-0.2, -0.15) is 0 Å². The SMILES string of the molecule is CCON1CC(C(=O)OC)C(=O)C1=O. The molecule has 1 rings (SSSR count). The van der Waals surface area contributed by atoms with Crippen LogP contribution < -0.4 is 0 Å². The van der Waals surface area contributed by atoms with E-state index in [4.69, 9.17) is 4.84 Å². The van der Waals surface area contributed by atoms with E-state index in [9.17, 15) is 14.4 Å². The van der Waals surface area contributed by atoms with Crippen molar-refractivity contribution in [1.82, 2.24) is 5.06 Å². The predicted molar refractivity (Wildman–Crippen MR) is 43.9 cm³/mol. The minimum Gasteiger partial charge on any atom is -0.468 e. The number of methoxy groups -OCH3 is 1. The molecule has 1 aliphatic rings. The highest BCUT2D eigenvalue weighted by Crippen LogP contribution is 2.15. The molecule has 6 heteroatoms. The molecule has 14 heavy (non-hydrogen) atoms. The molecule has 1 heterocycles. The van der Waals surface area contributed by atoms with Gasteiger partial charge in [-0.05, 0) is 6.92 Å². The number of esters is 1. The fourth-order valence-corrected chi connectivity index (χ4v) is 1.19. The average Bonchev–Trinajstić information content (AvgIpc) is 2.46. The van der Waals surface area contributed by atoms with Gasteiger partial charge in [-0.1, -0.05) is 0 Å². The van der Waals surface area contributed by atoms with Crippen molar-refractivity contribution < 1.29 is 24.0 Å². The molecule has 0 radical (unpaired) electrons. The minimum atomic E-state index is -1.04. The average molecular weight is 201 g/mol. The summed E-state index contributed by atoms with van der Waals surface area (Å²) >= 11 is 0. The molecule has 0 aromatic heterocycles. The first-order chi connectivity index (χ1) is 6.61. The van der Waals surface area contributed by atoms with Crippen LogP contribution >= 0.6 is 0 Å². The first-order valence-corrected chi connectivity index (χ1v) is 4.18. The number of rotatable bonds is 3. The van der Waals surface area contributed by atoms with Crippen LogP contribution in [-0.2, 0) is 24.0 Å². The van der Waals surface area contributed by atoms with E-state index in [2.05, 4.69) is 4.74 Å². The van der Waals surface area contributed by atoms with Crippen molar-refractivity contribution in [1.29, 1.82) is 0 Å². The van der Waals surface area contributed by atoms with Crippen LogP contribution in [0.4, 0.5) is 0 Å². The maximum absolute atomic E-state index is 11.2. The molecule has 1 saturated heterocycles. The van der Waals surface area contributed by atoms with E-state index < -0.39 is 23.6 Å². The van der Waals surface area contributed by atoms with E-state index in [-0.39, 0.29) is 13.2 Å². The summed E-state index contributed by atoms with van der Waals surface area (Å²) in [6.07, 6.45) is 0. The molecule has 1 aliphatic heterocycles. The quantitative estimate of drug-likeness (QED) is 0.337. The largest absolute Gasteiger partial charge is 0.468 e. The van der Waals surface area contributed by atoms with Gasteiger partial charge in [0, 0.05) is 0 Å². The number of amides is 1. The van der Waals surface area contributed by atoms with Gasteiger partial charge in [-0.15, -0.1) is 0 Å². The van der Waals surface area contributed by atoms with E-state index in [0.29, 0.717) is 0 Å². The van der Waals surface area contributed by atoms with Crippen molar-refractivity contribution in [3.05, 3.63) is 0 Å². The molecule has 78 valence electrons. The van der Waals surface area contributed by atoms with Gasteiger partial charge in [-0.3, -0.25) is 19.2 Å². The Morgan fingerprint density at radius 1 is 1.57 bits per heavy atom. The number of hydrogen-bond acceptors (Lipinski definition) is 5. The van der Waals surface area contributed by atoms with Crippen molar-refractivity contribution in [2.24, 2.45) is 5.92 Å². The van der Waals surface area contributed by atoms with Gasteiger partial charge >= 0.3 is 11.9 Å². The van der Waals surface area contributed by atoms with Crippen molar-refractivity contribution in [3.8, 4) is 0 Å². The molecule has 0 aliphatic carbocycles. The van der Waals surface area contributed by atoms with Gasteiger partial charge in [0.25, 0.3) is 0 Å². The number of Topliss-reactive ketones (excluding diaryl/α,β-unsaturated/α-hetero) is 1. The summed E-state index contributed by atoms with van der Waals surface area (Å²) in [6.45, 7) is 1.90. The number of nitrogens with zero attached hydrogens (tertiary/aromatic N) is 1. The second-order valence-corrected chi connectivity index (χ2v) is 2.72. The third-order valence-electron chi connectivity index (χ3n) is 1.87. The first kappa shape index (κ1) is 10.6. The van der Waals surface area contributed by atoms with Gasteiger partial charge in [0.15, 0.2) is 0 Å². The zero-order valence-electron chi connectivity index (χ0n) is 7.98. The minimum absolute atomic E-state index is 0.0574. The summed E-state index contributed by atoms with van der Waals surface area (Å²) in [4.78, 5) is 38.3. The fraction of sp³-hybridized carbons (Fsp3) is 0.625. The molecule has 0 bridgehead atoms. The molecule has 6 nitrogen and oxygen atoms in total. The number of ether oxygens (including phenoxy) is 1. The molecule has 1 unspecified atom stereocenters. The van der Waals surface area contributed by atoms with E-state index >= 15 is 0 Å². The highest BCUT2D eigenvalue weighted by molar-refractivity contribution is 6.41. The van der Waals surface area contributed by atoms with Crippen molar-refractivity contribution in [3.63, 3.8) is 0 Å². The monoisotopic (exact) mass is 201 g/mol. The summed E-state index contributed by atoms with van der Waals surface area (Å²) in [5.74, 6) is -3.31. The molecule has 1 atom stereocenters. The summed E-state index contributed by atoms with van der Waals surface area (Å²) in [7, 11) is 1.17. The van der Waals surface area contributed by atoms with Crippen LogP contribution in [0.3, 0.4) is 0 Å². The zero-order valence-corrected chi connectivity index (χ0v) is 7.98. The predicted octanol–water partition coefficient (Wildman–Crippen LogP) is -0.862. The second kappa shape index (κ2) is 4.19. The van der Waals surface area contributed by atoms with Crippen LogP contribution in [0.2, 0.25) is 0 Å². The normalized spacial score (nSPS) is 21.6. The van der Waals surface area contributed by atoms with Crippen LogP contribution in [0.5, 0.6) is 0 Å². The first-order valence-electron chi connectivity index (χ1n) is 4.18. The summed E-state index contributed by atoms with van der Waals surface area (Å²) in [6, 6.07) is 0. The summed E-state index contributed by atoms with van der Waals surface area (Å²) in [5.41, 5.74) is 0. The lowest BCUT2D eigenvalue weighted by molar-refractivity contribution is -0.178. The van der Waals surface area contributed by atoms with Gasteiger partial charge in [0.2, 0.25) is 5.78 Å². The number of hydrogen-bond donors (Lipinski definition) is 0. The highest BCUT2D eigenvalue weighted by atomic mass is 16.7. The smallest absolute Gasteiger partial charge is 0.318 e. The fourth-order valence-electron chi connectivity index (χ4n) is 1.19. The van der Waals surface area contributed by atoms with Crippen LogP contribution in [-0.4, -0.2) is 43.0 Å². The third-order valence-corrected chi connectivity index (χ3v) is 1.87. The standard InChI is InChI=1S/C8H11NO5/c1-3-14-9-4-5(8(12)13-2)6(10)7(9)11/h5H,3-4H2,1-2H3. The molecule has 1 amide bonds. The Morgan fingerprint density at radius 2 is 2.21 bits per heavy atom. The Hall–Kier alpha value is -1.43. The van der Waals surface area contributed by atoms with E-state index in [1.807, 2.05) is 0 Å². The number of ketones is 1. The summed E-state index contributed by atoms with van der Waals surface area (Å²) < 4.78 is 4.39. The van der Waals surface area contributed by atoms with Gasteiger partial charge in [0.1, 0.15) is 5.92 Å². The Balaban J connectivity index is 2.71. The molecular weight excluding hydrogens is 190 g/mol. The summed E-state index contributed by atoms with van der Waals surface area (Å²) in [5, 5.41) is 0.893. The Labute approximate surface area is 80.7 Å². The van der Waals surface area contributed by atoms with Crippen molar-refractivity contribution >= 4 is 17.7 Å². The maximum atomic E-state index is 11.2. The number of hydroxylamine groups is 2. The molecule has 0 N–H and O–H groups in total. The molecule has 0 aromatic carbocycles. The second-order valence-electron chi connectivity index (χ2n) is 2.72. The van der Waals surface area contributed by atoms with Crippen LogP contribution in [0.25, 0.3) is 0 Å². The van der Waals surface area contributed by atoms with E-state index in [1.165, 1.54) is 7.11 Å². The van der Waals surface area contributed by atoms with Crippen molar-refractivity contribution in [2.45, 2.75) is 6.92 Å². The Kier molecular flexibility index (Phi) is 3.19. The lowest BCUT2D eigenvalue weighted by atomic mass is 10.1. The van der Waals surface area contributed by atoms with Gasteiger partial charge in [0.05, 0.1) is 20.3 Å². The third kappa shape index (κ3) is 1.74. The number of carbonyl (C=O) groups is 3. The molecule has 0 spiro atoms. The van der Waals surface area contributed by atoms with E-state index in [0.717, 1.165) is 5.06 Å². The zero-order chi connectivity index (χ0) is 10.7. The van der Waals surface area contributed by atoms with Crippen LogP contribution in [0, 0.1) is 5.92 Å². The van der Waals surface area contributed by atoms with E-state index in [1.54, 1.807) is 6.92 Å². The Morgan fingerprint density at radius 3 is 2.71 bits per heavy atom. The molecule has 0 aromatic rings. The van der Waals surface area contributed by atoms with Gasteiger partial charge < -0.3 is 4.74 Å². The Bertz CT molecular complexity index is 275. The van der Waals surface area contributed by atoms with Gasteiger partial charge in [-0.25, -0.2) is 5.06 Å². The van der Waals surface area contributed by atoms with Crippen molar-refractivity contribution in [2.75, 3.05) is 20.3 Å². The lowest BCUT2D eigenvalue weighted by Crippen LogP contribution is -2.27. The molecule has 0 saturated carbocycles. The molecule has 1 fully saturated rings. The maximum Gasteiger partial charge on any atom is 0.318 e. The highest BCUT2D eigenvalue weighted by Gasteiger charge is 2.44. The topological polar surface area (TPSA) is 72.9 Å². The number of carbonyl (C=O) groups excluding carboxylic acids is 3. The van der Waals surface area contributed by atoms with Crippen LogP contribution in [0.1, 0.15) is 6.92 Å². The lowest BCUT2D eigenvalue weighted by Gasteiger charge is -2.12. The molecular formula is C8H11NO5. The van der Waals surface area contributed by atoms with Crippen LogP contribution in [0.15, 0.2) is 0 Å².